The fourth-order valence-electron chi connectivity index (χ4n) is 2.98. The Morgan fingerprint density at radius 3 is 2.90 bits per heavy atom. The molecule has 1 aromatic carbocycles. The van der Waals surface area contributed by atoms with Crippen molar-refractivity contribution in [2.45, 2.75) is 19.8 Å². The summed E-state index contributed by atoms with van der Waals surface area (Å²) in [6, 6.07) is 6.10. The van der Waals surface area contributed by atoms with Gasteiger partial charge in [-0.2, -0.15) is 0 Å². The molecule has 1 aliphatic heterocycles. The molecule has 1 aromatic heterocycles. The number of pyridine rings is 1. The van der Waals surface area contributed by atoms with Crippen LogP contribution in [0.4, 0.5) is 11.4 Å². The number of anilines is 2. The molecule has 0 radical (unpaired) electrons. The van der Waals surface area contributed by atoms with Crippen LogP contribution in [0, 0.1) is 5.92 Å². The number of hydrogen-bond acceptors (Lipinski definition) is 4. The van der Waals surface area contributed by atoms with Crippen molar-refractivity contribution >= 4 is 22.1 Å². The first-order chi connectivity index (χ1) is 10.2. The second-order valence-corrected chi connectivity index (χ2v) is 6.07. The van der Waals surface area contributed by atoms with E-state index in [1.807, 2.05) is 12.3 Å². The maximum Gasteiger partial charge on any atom is 0.0630 e. The zero-order chi connectivity index (χ0) is 14.7. The number of rotatable bonds is 4. The Morgan fingerprint density at radius 2 is 2.10 bits per heavy atom. The highest BCUT2D eigenvalue weighted by atomic mass is 15.1. The third kappa shape index (κ3) is 3.27. The van der Waals surface area contributed by atoms with Gasteiger partial charge in [0.15, 0.2) is 0 Å². The van der Waals surface area contributed by atoms with Gasteiger partial charge in [-0.25, -0.2) is 0 Å². The normalized spacial score (nSPS) is 17.2. The minimum atomic E-state index is 0.821. The van der Waals surface area contributed by atoms with Gasteiger partial charge in [-0.3, -0.25) is 4.98 Å². The van der Waals surface area contributed by atoms with Crippen LogP contribution in [0.3, 0.4) is 0 Å². The lowest BCUT2D eigenvalue weighted by molar-refractivity contribution is 0.199. The van der Waals surface area contributed by atoms with E-state index in [1.54, 1.807) is 6.20 Å². The van der Waals surface area contributed by atoms with Gasteiger partial charge in [-0.1, -0.05) is 13.0 Å². The zero-order valence-electron chi connectivity index (χ0n) is 12.7. The number of nitrogen functional groups attached to an aromatic ring is 1. The van der Waals surface area contributed by atoms with Crippen LogP contribution in [0.15, 0.2) is 30.6 Å². The van der Waals surface area contributed by atoms with Crippen LogP contribution in [0.2, 0.25) is 0 Å². The van der Waals surface area contributed by atoms with Crippen molar-refractivity contribution in [3.05, 3.63) is 30.6 Å². The van der Waals surface area contributed by atoms with Gasteiger partial charge in [-0.15, -0.1) is 0 Å². The molecule has 0 atom stereocenters. The molecule has 0 bridgehead atoms. The monoisotopic (exact) mass is 284 g/mol. The van der Waals surface area contributed by atoms with E-state index in [1.165, 1.54) is 25.9 Å². The third-order valence-electron chi connectivity index (χ3n) is 4.48. The van der Waals surface area contributed by atoms with Crippen molar-refractivity contribution in [3.8, 4) is 0 Å². The van der Waals surface area contributed by atoms with E-state index in [9.17, 15) is 0 Å². The number of nitrogens with zero attached hydrogens (tertiary/aromatic N) is 2. The summed E-state index contributed by atoms with van der Waals surface area (Å²) >= 11 is 0. The average molecular weight is 284 g/mol. The molecule has 21 heavy (non-hydrogen) atoms. The summed E-state index contributed by atoms with van der Waals surface area (Å²) in [6.07, 6.45) is 6.29. The molecule has 1 aliphatic rings. The van der Waals surface area contributed by atoms with E-state index < -0.39 is 0 Å². The van der Waals surface area contributed by atoms with Crippen LogP contribution >= 0.6 is 0 Å². The number of nitrogens with one attached hydrogen (secondary N) is 1. The third-order valence-corrected chi connectivity index (χ3v) is 4.48. The molecule has 2 aromatic rings. The van der Waals surface area contributed by atoms with Crippen LogP contribution in [0.1, 0.15) is 19.8 Å². The summed E-state index contributed by atoms with van der Waals surface area (Å²) < 4.78 is 0. The topological polar surface area (TPSA) is 54.2 Å². The van der Waals surface area contributed by atoms with Gasteiger partial charge in [0, 0.05) is 36.3 Å². The Bertz CT molecular complexity index is 603. The molecule has 3 N–H and O–H groups in total. The second kappa shape index (κ2) is 6.31. The molecule has 0 saturated carbocycles. The molecular formula is C17H24N4. The van der Waals surface area contributed by atoms with Gasteiger partial charge < -0.3 is 16.0 Å². The Morgan fingerprint density at radius 1 is 1.29 bits per heavy atom. The summed E-state index contributed by atoms with van der Waals surface area (Å²) in [7, 11) is 0. The van der Waals surface area contributed by atoms with Crippen molar-refractivity contribution in [3.63, 3.8) is 0 Å². The maximum atomic E-state index is 6.25. The van der Waals surface area contributed by atoms with Crippen molar-refractivity contribution in [2.24, 2.45) is 5.92 Å². The van der Waals surface area contributed by atoms with Crippen LogP contribution in [-0.2, 0) is 0 Å². The number of fused-ring (bicyclic) bond motifs is 1. The van der Waals surface area contributed by atoms with Gasteiger partial charge >= 0.3 is 0 Å². The highest BCUT2D eigenvalue weighted by Gasteiger charge is 2.15. The molecule has 0 unspecified atom stereocenters. The van der Waals surface area contributed by atoms with E-state index in [-0.39, 0.29) is 0 Å². The lowest BCUT2D eigenvalue weighted by atomic mass is 9.99. The summed E-state index contributed by atoms with van der Waals surface area (Å²) in [4.78, 5) is 6.67. The Kier molecular flexibility index (Phi) is 4.25. The SMILES string of the molecule is CC1CCN(CCNc2ccc3cnccc3c2N)CC1. The predicted octanol–water partition coefficient (Wildman–Crippen LogP) is 2.96. The van der Waals surface area contributed by atoms with Crippen LogP contribution in [0.5, 0.6) is 0 Å². The first-order valence-corrected chi connectivity index (χ1v) is 7.82. The Labute approximate surface area is 126 Å². The lowest BCUT2D eigenvalue weighted by Crippen LogP contribution is -2.36. The minimum absolute atomic E-state index is 0.821. The fraction of sp³-hybridized carbons (Fsp3) is 0.471. The summed E-state index contributed by atoms with van der Waals surface area (Å²) in [5.74, 6) is 0.888. The van der Waals surface area contributed by atoms with E-state index in [0.29, 0.717) is 0 Å². The molecule has 4 heteroatoms. The summed E-state index contributed by atoms with van der Waals surface area (Å²) in [5.41, 5.74) is 8.10. The lowest BCUT2D eigenvalue weighted by Gasteiger charge is -2.30. The van der Waals surface area contributed by atoms with Crippen LogP contribution in [-0.4, -0.2) is 36.1 Å². The van der Waals surface area contributed by atoms with Crippen molar-refractivity contribution < 1.29 is 0 Å². The van der Waals surface area contributed by atoms with Crippen molar-refractivity contribution in [1.82, 2.24) is 9.88 Å². The predicted molar refractivity (Wildman–Crippen MR) is 89.5 cm³/mol. The first-order valence-electron chi connectivity index (χ1n) is 7.82. The Balaban J connectivity index is 1.59. The van der Waals surface area contributed by atoms with Crippen LogP contribution < -0.4 is 11.1 Å². The van der Waals surface area contributed by atoms with E-state index in [4.69, 9.17) is 5.73 Å². The summed E-state index contributed by atoms with van der Waals surface area (Å²) in [5, 5.41) is 5.64. The number of aromatic nitrogens is 1. The molecule has 112 valence electrons. The molecule has 1 saturated heterocycles. The minimum Gasteiger partial charge on any atom is -0.397 e. The van der Waals surface area contributed by atoms with Gasteiger partial charge in [0.05, 0.1) is 11.4 Å². The molecule has 1 fully saturated rings. The molecule has 2 heterocycles. The van der Waals surface area contributed by atoms with Gasteiger partial charge in [0.2, 0.25) is 0 Å². The highest BCUT2D eigenvalue weighted by Crippen LogP contribution is 2.27. The number of benzene rings is 1. The van der Waals surface area contributed by atoms with Gasteiger partial charge in [0.1, 0.15) is 0 Å². The van der Waals surface area contributed by atoms with Crippen molar-refractivity contribution in [2.75, 3.05) is 37.2 Å². The zero-order valence-corrected chi connectivity index (χ0v) is 12.7. The first kappa shape index (κ1) is 14.1. The number of nitrogens with two attached hydrogens (primary N) is 1. The van der Waals surface area contributed by atoms with E-state index in [2.05, 4.69) is 34.3 Å². The average Bonchev–Trinajstić information content (AvgIpc) is 2.52. The second-order valence-electron chi connectivity index (χ2n) is 6.07. The highest BCUT2D eigenvalue weighted by molar-refractivity contribution is 5.98. The Hall–Kier alpha value is -1.81. The van der Waals surface area contributed by atoms with Gasteiger partial charge in [0.25, 0.3) is 0 Å². The van der Waals surface area contributed by atoms with E-state index >= 15 is 0 Å². The number of hydrogen-bond donors (Lipinski definition) is 2. The molecule has 4 nitrogen and oxygen atoms in total. The molecular weight excluding hydrogens is 260 g/mol. The largest absolute Gasteiger partial charge is 0.397 e. The number of piperidine rings is 1. The molecule has 0 spiro atoms. The maximum absolute atomic E-state index is 6.25. The molecule has 0 aliphatic carbocycles. The standard InChI is InChI=1S/C17H24N4/c1-13-5-9-21(10-6-13)11-8-20-16-3-2-14-12-19-7-4-15(14)17(16)18/h2-4,7,12-13,20H,5-6,8-11,18H2,1H3. The fourth-order valence-corrected chi connectivity index (χ4v) is 2.98. The quantitative estimate of drug-likeness (QED) is 0.848. The summed E-state index contributed by atoms with van der Waals surface area (Å²) in [6.45, 7) is 6.82. The van der Waals surface area contributed by atoms with Gasteiger partial charge in [-0.05, 0) is 44.0 Å². The van der Waals surface area contributed by atoms with E-state index in [0.717, 1.165) is 41.2 Å². The van der Waals surface area contributed by atoms with Crippen LogP contribution in [0.25, 0.3) is 10.8 Å². The smallest absolute Gasteiger partial charge is 0.0630 e. The van der Waals surface area contributed by atoms with Crippen molar-refractivity contribution in [1.29, 1.82) is 0 Å². The molecule has 3 rings (SSSR count). The molecule has 0 amide bonds. The number of likely N-dealkylation sites (tertiary alicyclic amines) is 1.